The summed E-state index contributed by atoms with van der Waals surface area (Å²) in [4.78, 5) is 15.9. The van der Waals surface area contributed by atoms with Crippen molar-refractivity contribution in [3.63, 3.8) is 0 Å². The van der Waals surface area contributed by atoms with Crippen molar-refractivity contribution in [2.75, 3.05) is 36.4 Å². The van der Waals surface area contributed by atoms with E-state index in [1.807, 2.05) is 11.0 Å². The molecule has 1 aliphatic rings. The number of urea groups is 1. The van der Waals surface area contributed by atoms with Crippen LogP contribution in [0, 0.1) is 0 Å². The molecule has 0 unspecified atom stereocenters. The van der Waals surface area contributed by atoms with E-state index in [2.05, 4.69) is 5.32 Å². The zero-order valence-corrected chi connectivity index (χ0v) is 15.6. The fraction of sp³-hybridized carbons (Fsp3) is 0.278. The van der Waals surface area contributed by atoms with Crippen molar-refractivity contribution in [2.45, 2.75) is 6.18 Å². The van der Waals surface area contributed by atoms with Crippen molar-refractivity contribution >= 4 is 40.6 Å². The van der Waals surface area contributed by atoms with E-state index in [9.17, 15) is 18.0 Å². The van der Waals surface area contributed by atoms with Gasteiger partial charge < -0.3 is 15.1 Å². The molecule has 1 saturated heterocycles. The summed E-state index contributed by atoms with van der Waals surface area (Å²) >= 11 is 11.9. The van der Waals surface area contributed by atoms with E-state index < -0.39 is 17.8 Å². The quantitative estimate of drug-likeness (QED) is 0.712. The van der Waals surface area contributed by atoms with E-state index in [1.165, 1.54) is 23.1 Å². The van der Waals surface area contributed by atoms with Gasteiger partial charge in [-0.15, -0.1) is 0 Å². The number of benzene rings is 2. The number of para-hydroxylation sites is 1. The maximum absolute atomic E-state index is 13.0. The molecule has 1 aliphatic heterocycles. The minimum atomic E-state index is -4.53. The lowest BCUT2D eigenvalue weighted by atomic mass is 10.1. The second kappa shape index (κ2) is 7.86. The second-order valence-electron chi connectivity index (χ2n) is 6.05. The van der Waals surface area contributed by atoms with Crippen molar-refractivity contribution in [1.29, 1.82) is 0 Å². The van der Waals surface area contributed by atoms with Crippen LogP contribution in [-0.4, -0.2) is 37.1 Å². The highest BCUT2D eigenvalue weighted by Crippen LogP contribution is 2.34. The van der Waals surface area contributed by atoms with Gasteiger partial charge in [0.1, 0.15) is 0 Å². The summed E-state index contributed by atoms with van der Waals surface area (Å²) in [5.74, 6) is 0. The average Bonchev–Trinajstić information content (AvgIpc) is 2.64. The van der Waals surface area contributed by atoms with Crippen LogP contribution in [-0.2, 0) is 6.18 Å². The van der Waals surface area contributed by atoms with Crippen molar-refractivity contribution in [3.05, 3.63) is 58.1 Å². The number of hydrogen-bond acceptors (Lipinski definition) is 2. The lowest BCUT2D eigenvalue weighted by molar-refractivity contribution is -0.136. The summed E-state index contributed by atoms with van der Waals surface area (Å²) in [5, 5.41) is 3.27. The van der Waals surface area contributed by atoms with E-state index in [4.69, 9.17) is 23.2 Å². The Balaban J connectivity index is 1.63. The molecule has 0 spiro atoms. The highest BCUT2D eigenvalue weighted by molar-refractivity contribution is 6.42. The maximum atomic E-state index is 13.0. The third-order valence-electron chi connectivity index (χ3n) is 4.31. The van der Waals surface area contributed by atoms with Crippen LogP contribution < -0.4 is 10.2 Å². The topological polar surface area (TPSA) is 35.6 Å². The van der Waals surface area contributed by atoms with Gasteiger partial charge in [0.05, 0.1) is 21.3 Å². The van der Waals surface area contributed by atoms with Crippen LogP contribution in [0.1, 0.15) is 5.56 Å². The first kappa shape index (κ1) is 19.6. The molecule has 0 saturated carbocycles. The van der Waals surface area contributed by atoms with E-state index in [1.54, 1.807) is 12.1 Å². The fourth-order valence-corrected chi connectivity index (χ4v) is 3.18. The van der Waals surface area contributed by atoms with Gasteiger partial charge >= 0.3 is 12.2 Å². The molecule has 1 fully saturated rings. The number of halogens is 5. The van der Waals surface area contributed by atoms with Gasteiger partial charge in [-0.05, 0) is 30.3 Å². The number of anilines is 2. The van der Waals surface area contributed by atoms with Gasteiger partial charge in [-0.25, -0.2) is 4.79 Å². The summed E-state index contributed by atoms with van der Waals surface area (Å²) in [7, 11) is 0. The number of carbonyl (C=O) groups is 1. The van der Waals surface area contributed by atoms with Crippen molar-refractivity contribution in [2.24, 2.45) is 0 Å². The van der Waals surface area contributed by atoms with Crippen LogP contribution in [0.2, 0.25) is 10.0 Å². The summed E-state index contributed by atoms with van der Waals surface area (Å²) in [6, 6.07) is 9.65. The standard InChI is InChI=1S/C18H16Cl2F3N3O/c19-14-6-5-12(11-15(14)20)25-7-9-26(10-8-25)17(27)24-16-4-2-1-3-13(16)18(21,22)23/h1-6,11H,7-10H2,(H,24,27). The minimum Gasteiger partial charge on any atom is -0.368 e. The molecule has 0 bridgehead atoms. The number of carbonyl (C=O) groups excluding carboxylic acids is 1. The number of amides is 2. The molecular weight excluding hydrogens is 402 g/mol. The van der Waals surface area contributed by atoms with Gasteiger partial charge in [-0.2, -0.15) is 13.2 Å². The lowest BCUT2D eigenvalue weighted by Gasteiger charge is -2.36. The Bertz CT molecular complexity index is 837. The smallest absolute Gasteiger partial charge is 0.368 e. The summed E-state index contributed by atoms with van der Waals surface area (Å²) in [6.07, 6.45) is -4.53. The summed E-state index contributed by atoms with van der Waals surface area (Å²) < 4.78 is 39.1. The molecule has 2 aromatic carbocycles. The molecule has 2 aromatic rings. The molecular formula is C18H16Cl2F3N3O. The first-order valence-electron chi connectivity index (χ1n) is 8.18. The number of nitrogens with one attached hydrogen (secondary N) is 1. The monoisotopic (exact) mass is 417 g/mol. The highest BCUT2D eigenvalue weighted by atomic mass is 35.5. The zero-order chi connectivity index (χ0) is 19.6. The second-order valence-corrected chi connectivity index (χ2v) is 6.86. The Morgan fingerprint density at radius 3 is 2.26 bits per heavy atom. The van der Waals surface area contributed by atoms with Crippen LogP contribution in [0.25, 0.3) is 0 Å². The van der Waals surface area contributed by atoms with Gasteiger partial charge in [0.25, 0.3) is 0 Å². The van der Waals surface area contributed by atoms with Gasteiger partial charge in [-0.3, -0.25) is 0 Å². The third-order valence-corrected chi connectivity index (χ3v) is 5.05. The normalized spacial score (nSPS) is 15.0. The summed E-state index contributed by atoms with van der Waals surface area (Å²) in [6.45, 7) is 1.82. The number of nitrogens with zero attached hydrogens (tertiary/aromatic N) is 2. The van der Waals surface area contributed by atoms with Crippen molar-refractivity contribution in [3.8, 4) is 0 Å². The van der Waals surface area contributed by atoms with E-state index in [0.29, 0.717) is 36.2 Å². The van der Waals surface area contributed by atoms with Crippen LogP contribution in [0.5, 0.6) is 0 Å². The van der Waals surface area contributed by atoms with Crippen LogP contribution in [0.15, 0.2) is 42.5 Å². The lowest BCUT2D eigenvalue weighted by Crippen LogP contribution is -2.50. The molecule has 1 heterocycles. The van der Waals surface area contributed by atoms with Crippen molar-refractivity contribution < 1.29 is 18.0 Å². The predicted octanol–water partition coefficient (Wildman–Crippen LogP) is 5.37. The number of piperazine rings is 1. The Hall–Kier alpha value is -2.12. The Morgan fingerprint density at radius 1 is 0.963 bits per heavy atom. The number of hydrogen-bond donors (Lipinski definition) is 1. The Labute approximate surface area is 164 Å². The average molecular weight is 418 g/mol. The highest BCUT2D eigenvalue weighted by Gasteiger charge is 2.34. The number of alkyl halides is 3. The van der Waals surface area contributed by atoms with Gasteiger partial charge in [0.15, 0.2) is 0 Å². The molecule has 1 N–H and O–H groups in total. The molecule has 3 rings (SSSR count). The largest absolute Gasteiger partial charge is 0.418 e. The fourth-order valence-electron chi connectivity index (χ4n) is 2.88. The molecule has 0 aromatic heterocycles. The van der Waals surface area contributed by atoms with E-state index in [-0.39, 0.29) is 5.69 Å². The Morgan fingerprint density at radius 2 is 1.63 bits per heavy atom. The molecule has 2 amide bonds. The SMILES string of the molecule is O=C(Nc1ccccc1C(F)(F)F)N1CCN(c2ccc(Cl)c(Cl)c2)CC1. The summed E-state index contributed by atoms with van der Waals surface area (Å²) in [5.41, 5.74) is -0.235. The molecule has 4 nitrogen and oxygen atoms in total. The van der Waals surface area contributed by atoms with Crippen LogP contribution >= 0.6 is 23.2 Å². The van der Waals surface area contributed by atoms with Gasteiger partial charge in [-0.1, -0.05) is 35.3 Å². The molecule has 9 heteroatoms. The predicted molar refractivity (Wildman–Crippen MR) is 101 cm³/mol. The first-order valence-corrected chi connectivity index (χ1v) is 8.93. The minimum absolute atomic E-state index is 0.248. The molecule has 0 aliphatic carbocycles. The van der Waals surface area contributed by atoms with Crippen LogP contribution in [0.3, 0.4) is 0 Å². The third kappa shape index (κ3) is 4.59. The van der Waals surface area contributed by atoms with Gasteiger partial charge in [0.2, 0.25) is 0 Å². The zero-order valence-electron chi connectivity index (χ0n) is 14.1. The number of rotatable bonds is 2. The van der Waals surface area contributed by atoms with E-state index >= 15 is 0 Å². The first-order chi connectivity index (χ1) is 12.8. The molecule has 0 radical (unpaired) electrons. The van der Waals surface area contributed by atoms with E-state index in [0.717, 1.165) is 11.8 Å². The maximum Gasteiger partial charge on any atom is 0.418 e. The Kier molecular flexibility index (Phi) is 5.72. The van der Waals surface area contributed by atoms with Gasteiger partial charge in [0, 0.05) is 31.9 Å². The molecule has 144 valence electrons. The van der Waals surface area contributed by atoms with Crippen molar-refractivity contribution in [1.82, 2.24) is 4.90 Å². The molecule has 0 atom stereocenters. The van der Waals surface area contributed by atoms with Crippen LogP contribution in [0.4, 0.5) is 29.3 Å². The molecule has 27 heavy (non-hydrogen) atoms.